The molecule has 0 fully saturated rings. The molecule has 0 saturated carbocycles. The molecule has 1 aromatic carbocycles. The standard InChI is InChI=1S/C28H25N3O6S2/c1-4-7-20-24(27(33)36-5-2)25(22-8-6-13-38-22)30-26(32)23(39-28(30)29-20)15-18-10-12-21(37-18)19-11-9-17(31(34)35)14-16(19)3/h6,8-15,25H,4-5,7H2,1-3H3/b23-15-. The molecule has 3 aromatic heterocycles. The molecule has 1 atom stereocenters. The fourth-order valence-electron chi connectivity index (χ4n) is 4.58. The SMILES string of the molecule is CCCC1=C(C(=O)OCC)C(c2cccs2)n2c(s/c(=C\c3ccc(-c4ccc([N+](=O)[O-])cc4C)o3)c2=O)=N1. The molecule has 1 unspecified atom stereocenters. The van der Waals surface area contributed by atoms with Crippen molar-refractivity contribution < 1.29 is 18.9 Å². The zero-order valence-electron chi connectivity index (χ0n) is 21.5. The quantitative estimate of drug-likeness (QED) is 0.167. The Kier molecular flexibility index (Phi) is 7.45. The Balaban J connectivity index is 1.61. The second kappa shape index (κ2) is 11.0. The molecule has 1 aliphatic rings. The van der Waals surface area contributed by atoms with Crippen LogP contribution in [0.1, 0.15) is 48.9 Å². The molecule has 1 aliphatic heterocycles. The maximum absolute atomic E-state index is 13.8. The molecule has 200 valence electrons. The van der Waals surface area contributed by atoms with Crippen LogP contribution in [0.2, 0.25) is 0 Å². The molecule has 0 radical (unpaired) electrons. The number of thiophene rings is 1. The minimum absolute atomic E-state index is 0.00839. The molecule has 11 heteroatoms. The van der Waals surface area contributed by atoms with Gasteiger partial charge >= 0.3 is 5.97 Å². The highest BCUT2D eigenvalue weighted by Crippen LogP contribution is 2.35. The van der Waals surface area contributed by atoms with E-state index in [0.717, 1.165) is 16.9 Å². The van der Waals surface area contributed by atoms with E-state index >= 15 is 0 Å². The molecule has 0 amide bonds. The Hall–Kier alpha value is -4.09. The molecule has 0 aliphatic carbocycles. The molecule has 0 bridgehead atoms. The molecule has 0 N–H and O–H groups in total. The number of furan rings is 1. The van der Waals surface area contributed by atoms with Crippen LogP contribution in [0, 0.1) is 17.0 Å². The van der Waals surface area contributed by atoms with Gasteiger partial charge in [-0.3, -0.25) is 19.5 Å². The van der Waals surface area contributed by atoms with Crippen molar-refractivity contribution in [2.45, 2.75) is 39.7 Å². The van der Waals surface area contributed by atoms with E-state index in [1.165, 1.54) is 34.8 Å². The third kappa shape index (κ3) is 5.02. The van der Waals surface area contributed by atoms with Crippen molar-refractivity contribution in [3.05, 3.63) is 105 Å². The fraction of sp³-hybridized carbons (Fsp3) is 0.250. The number of ether oxygens (including phenoxy) is 1. The van der Waals surface area contributed by atoms with Crippen LogP contribution >= 0.6 is 22.7 Å². The molecular weight excluding hydrogens is 538 g/mol. The van der Waals surface area contributed by atoms with Crippen LogP contribution in [0.5, 0.6) is 0 Å². The Morgan fingerprint density at radius 1 is 1.26 bits per heavy atom. The lowest BCUT2D eigenvalue weighted by atomic mass is 9.99. The lowest BCUT2D eigenvalue weighted by Gasteiger charge is -2.24. The van der Waals surface area contributed by atoms with Crippen molar-refractivity contribution in [2.75, 3.05) is 6.61 Å². The van der Waals surface area contributed by atoms with E-state index in [1.54, 1.807) is 42.7 Å². The summed E-state index contributed by atoms with van der Waals surface area (Å²) in [6, 6.07) is 11.3. The van der Waals surface area contributed by atoms with Crippen LogP contribution in [-0.4, -0.2) is 22.1 Å². The highest BCUT2D eigenvalue weighted by atomic mass is 32.1. The minimum atomic E-state index is -0.626. The lowest BCUT2D eigenvalue weighted by Crippen LogP contribution is -2.39. The topological polar surface area (TPSA) is 117 Å². The molecule has 4 aromatic rings. The van der Waals surface area contributed by atoms with Crippen LogP contribution in [0.3, 0.4) is 0 Å². The number of carbonyl (C=O) groups excluding carboxylic acids is 1. The fourth-order valence-corrected chi connectivity index (χ4v) is 6.40. The molecule has 39 heavy (non-hydrogen) atoms. The van der Waals surface area contributed by atoms with Gasteiger partial charge in [0.1, 0.15) is 17.6 Å². The minimum Gasteiger partial charge on any atom is -0.463 e. The first kappa shape index (κ1) is 26.5. The summed E-state index contributed by atoms with van der Waals surface area (Å²) in [5, 5.41) is 13.0. The predicted octanol–water partition coefficient (Wildman–Crippen LogP) is 5.12. The second-order valence-corrected chi connectivity index (χ2v) is 10.9. The lowest BCUT2D eigenvalue weighted by molar-refractivity contribution is -0.384. The van der Waals surface area contributed by atoms with Gasteiger partial charge in [-0.15, -0.1) is 11.3 Å². The summed E-state index contributed by atoms with van der Waals surface area (Å²) < 4.78 is 13.4. The third-order valence-corrected chi connectivity index (χ3v) is 8.20. The Morgan fingerprint density at radius 3 is 2.74 bits per heavy atom. The number of esters is 1. The van der Waals surface area contributed by atoms with Crippen LogP contribution in [0.25, 0.3) is 17.4 Å². The molecule has 0 spiro atoms. The van der Waals surface area contributed by atoms with E-state index in [0.29, 0.717) is 44.1 Å². The number of aromatic nitrogens is 1. The first-order chi connectivity index (χ1) is 18.8. The van der Waals surface area contributed by atoms with Gasteiger partial charge in [-0.05, 0) is 55.5 Å². The summed E-state index contributed by atoms with van der Waals surface area (Å²) in [6.45, 7) is 5.77. The highest BCUT2D eigenvalue weighted by molar-refractivity contribution is 7.10. The first-order valence-corrected chi connectivity index (χ1v) is 14.1. The van der Waals surface area contributed by atoms with Gasteiger partial charge in [-0.1, -0.05) is 30.7 Å². The number of nitro groups is 1. The second-order valence-electron chi connectivity index (χ2n) is 8.89. The van der Waals surface area contributed by atoms with Gasteiger partial charge in [0.05, 0.1) is 27.3 Å². The summed E-state index contributed by atoms with van der Waals surface area (Å²) in [6.07, 6.45) is 3.02. The molecule has 9 nitrogen and oxygen atoms in total. The normalized spacial score (nSPS) is 15.3. The summed E-state index contributed by atoms with van der Waals surface area (Å²) >= 11 is 2.71. The van der Waals surface area contributed by atoms with Gasteiger partial charge < -0.3 is 9.15 Å². The molecule has 4 heterocycles. The maximum Gasteiger partial charge on any atom is 0.338 e. The predicted molar refractivity (Wildman–Crippen MR) is 149 cm³/mol. The molecule has 5 rings (SSSR count). The van der Waals surface area contributed by atoms with Gasteiger partial charge in [0.25, 0.3) is 11.2 Å². The van der Waals surface area contributed by atoms with Gasteiger partial charge in [0.2, 0.25) is 0 Å². The zero-order valence-corrected chi connectivity index (χ0v) is 23.1. The summed E-state index contributed by atoms with van der Waals surface area (Å²) in [7, 11) is 0. The molecule has 0 saturated heterocycles. The first-order valence-electron chi connectivity index (χ1n) is 12.4. The number of nitrogens with zero attached hydrogens (tertiary/aromatic N) is 3. The smallest absolute Gasteiger partial charge is 0.338 e. The zero-order chi connectivity index (χ0) is 27.7. The summed E-state index contributed by atoms with van der Waals surface area (Å²) in [4.78, 5) is 43.6. The number of hydrogen-bond acceptors (Lipinski definition) is 9. The van der Waals surface area contributed by atoms with E-state index in [1.807, 2.05) is 24.4 Å². The van der Waals surface area contributed by atoms with E-state index in [-0.39, 0.29) is 17.9 Å². The average molecular weight is 564 g/mol. The van der Waals surface area contributed by atoms with Crippen molar-refractivity contribution in [2.24, 2.45) is 4.99 Å². The Bertz CT molecular complexity index is 1780. The number of nitro benzene ring substituents is 1. The number of allylic oxidation sites excluding steroid dienone is 1. The van der Waals surface area contributed by atoms with Crippen molar-refractivity contribution in [3.63, 3.8) is 0 Å². The highest BCUT2D eigenvalue weighted by Gasteiger charge is 2.34. The Morgan fingerprint density at radius 2 is 2.08 bits per heavy atom. The monoisotopic (exact) mass is 563 g/mol. The van der Waals surface area contributed by atoms with E-state index < -0.39 is 16.9 Å². The van der Waals surface area contributed by atoms with Gasteiger partial charge in [0, 0.05) is 28.6 Å². The number of hydrogen-bond donors (Lipinski definition) is 0. The number of rotatable bonds is 8. The van der Waals surface area contributed by atoms with Gasteiger partial charge in [-0.25, -0.2) is 9.79 Å². The van der Waals surface area contributed by atoms with Crippen molar-refractivity contribution >= 4 is 40.4 Å². The van der Waals surface area contributed by atoms with Gasteiger partial charge in [0.15, 0.2) is 4.80 Å². The van der Waals surface area contributed by atoms with Crippen molar-refractivity contribution in [3.8, 4) is 11.3 Å². The summed E-state index contributed by atoms with van der Waals surface area (Å²) in [5.74, 6) is 0.526. The number of benzene rings is 1. The van der Waals surface area contributed by atoms with Crippen LogP contribution in [-0.2, 0) is 9.53 Å². The number of carbonyl (C=O) groups is 1. The van der Waals surface area contributed by atoms with Crippen LogP contribution in [0.15, 0.2) is 73.3 Å². The maximum atomic E-state index is 13.8. The average Bonchev–Trinajstić information content (AvgIpc) is 3.66. The van der Waals surface area contributed by atoms with E-state index in [4.69, 9.17) is 14.1 Å². The van der Waals surface area contributed by atoms with E-state index in [2.05, 4.69) is 0 Å². The van der Waals surface area contributed by atoms with Crippen LogP contribution < -0.4 is 14.9 Å². The Labute approximate surface area is 231 Å². The van der Waals surface area contributed by atoms with E-state index in [9.17, 15) is 19.7 Å². The number of aryl methyl sites for hydroxylation is 1. The largest absolute Gasteiger partial charge is 0.463 e. The summed E-state index contributed by atoms with van der Waals surface area (Å²) in [5.41, 5.74) is 2.19. The number of thiazole rings is 1. The number of fused-ring (bicyclic) bond motifs is 1. The number of non-ortho nitro benzene ring substituents is 1. The van der Waals surface area contributed by atoms with Gasteiger partial charge in [-0.2, -0.15) is 0 Å². The van der Waals surface area contributed by atoms with Crippen molar-refractivity contribution in [1.82, 2.24) is 4.57 Å². The van der Waals surface area contributed by atoms with Crippen LogP contribution in [0.4, 0.5) is 5.69 Å². The molecular formula is C28H25N3O6S2. The van der Waals surface area contributed by atoms with Crippen molar-refractivity contribution in [1.29, 1.82) is 0 Å². The third-order valence-electron chi connectivity index (χ3n) is 6.29.